The molecule has 1 aromatic carbocycles. The Morgan fingerprint density at radius 3 is 2.79 bits per heavy atom. The number of carbonyl (C=O) groups is 2. The van der Waals surface area contributed by atoms with Crippen molar-refractivity contribution in [2.75, 3.05) is 25.0 Å². The van der Waals surface area contributed by atoms with E-state index in [1.807, 2.05) is 44.3 Å². The van der Waals surface area contributed by atoms with Crippen LogP contribution in [-0.4, -0.2) is 42.5 Å². The second-order valence-electron chi connectivity index (χ2n) is 7.66. The number of benzene rings is 1. The van der Waals surface area contributed by atoms with Gasteiger partial charge in [0.05, 0.1) is 25.3 Å². The fourth-order valence-corrected chi connectivity index (χ4v) is 4.43. The lowest BCUT2D eigenvalue weighted by atomic mass is 9.90. The lowest BCUT2D eigenvalue weighted by Gasteiger charge is -2.16. The highest BCUT2D eigenvalue weighted by atomic mass is 32.1. The average Bonchev–Trinajstić information content (AvgIpc) is 3.19. The van der Waals surface area contributed by atoms with Crippen molar-refractivity contribution in [2.45, 2.75) is 45.4 Å². The summed E-state index contributed by atoms with van der Waals surface area (Å²) in [6.45, 7) is 5.21. The normalized spacial score (nSPS) is 13.6. The highest BCUT2D eigenvalue weighted by Crippen LogP contribution is 2.26. The summed E-state index contributed by atoms with van der Waals surface area (Å²) < 4.78 is 5.14. The Kier molecular flexibility index (Phi) is 9.44. The average molecular weight is 470 g/mol. The third-order valence-electron chi connectivity index (χ3n) is 5.18. The van der Waals surface area contributed by atoms with E-state index in [0.717, 1.165) is 24.8 Å². The molecule has 1 aromatic heterocycles. The molecule has 9 heteroatoms. The number of ether oxygens (including phenoxy) is 1. The highest BCUT2D eigenvalue weighted by Gasteiger charge is 2.18. The maximum atomic E-state index is 12.6. The molecule has 1 unspecified atom stereocenters. The molecule has 3 N–H and O–H groups in total. The van der Waals surface area contributed by atoms with Crippen LogP contribution in [0.15, 0.2) is 47.6 Å². The minimum absolute atomic E-state index is 0.115. The van der Waals surface area contributed by atoms with Gasteiger partial charge in [0.2, 0.25) is 5.96 Å². The number of amides is 1. The first kappa shape index (κ1) is 24.4. The van der Waals surface area contributed by atoms with Gasteiger partial charge in [0, 0.05) is 12.7 Å². The molecule has 0 saturated heterocycles. The van der Waals surface area contributed by atoms with Gasteiger partial charge >= 0.3 is 5.97 Å². The summed E-state index contributed by atoms with van der Waals surface area (Å²) in [5.74, 6) is 0.441. The van der Waals surface area contributed by atoms with Gasteiger partial charge in [-0.25, -0.2) is 9.98 Å². The van der Waals surface area contributed by atoms with Crippen molar-refractivity contribution in [3.05, 3.63) is 58.7 Å². The van der Waals surface area contributed by atoms with Gasteiger partial charge < -0.3 is 20.7 Å². The van der Waals surface area contributed by atoms with Crippen LogP contribution in [0.4, 0.5) is 5.13 Å². The number of guanidine groups is 1. The van der Waals surface area contributed by atoms with Gasteiger partial charge in [-0.15, -0.1) is 0 Å². The summed E-state index contributed by atoms with van der Waals surface area (Å²) in [6.07, 6.45) is 6.68. The van der Waals surface area contributed by atoms with Crippen molar-refractivity contribution in [2.24, 2.45) is 4.99 Å². The molecule has 0 fully saturated rings. The second kappa shape index (κ2) is 12.7. The molecule has 1 aliphatic heterocycles. The molecule has 33 heavy (non-hydrogen) atoms. The van der Waals surface area contributed by atoms with E-state index in [4.69, 9.17) is 4.74 Å². The number of esters is 1. The number of aliphatic imine (C=N–C) groups is 1. The molecule has 0 saturated carbocycles. The van der Waals surface area contributed by atoms with Crippen molar-refractivity contribution < 1.29 is 14.3 Å². The first-order valence-electron chi connectivity index (χ1n) is 11.3. The van der Waals surface area contributed by atoms with Crippen molar-refractivity contribution in [3.63, 3.8) is 0 Å². The van der Waals surface area contributed by atoms with Gasteiger partial charge in [0.15, 0.2) is 5.13 Å². The van der Waals surface area contributed by atoms with E-state index in [1.54, 1.807) is 0 Å². The van der Waals surface area contributed by atoms with E-state index >= 15 is 0 Å². The molecular weight excluding hydrogens is 438 g/mol. The van der Waals surface area contributed by atoms with Crippen molar-refractivity contribution >= 4 is 34.3 Å². The lowest BCUT2D eigenvalue weighted by molar-refractivity contribution is -0.143. The molecule has 0 spiro atoms. The number of hydrogen-bond acceptors (Lipinski definition) is 8. The first-order valence-corrected chi connectivity index (χ1v) is 12.1. The molecule has 1 atom stereocenters. The third kappa shape index (κ3) is 7.71. The molecule has 2 heterocycles. The Labute approximate surface area is 198 Å². The number of nitrogens with one attached hydrogen (secondary N) is 3. The predicted molar refractivity (Wildman–Crippen MR) is 132 cm³/mol. The molecule has 0 bridgehead atoms. The van der Waals surface area contributed by atoms with Crippen LogP contribution < -0.4 is 16.0 Å². The molecule has 2 aromatic rings. The second-order valence-corrected chi connectivity index (χ2v) is 8.66. The number of unbranched alkanes of at least 4 members (excludes halogenated alkanes) is 1. The van der Waals surface area contributed by atoms with Crippen LogP contribution in [0.5, 0.6) is 0 Å². The van der Waals surface area contributed by atoms with Crippen LogP contribution in [0.1, 0.15) is 59.5 Å². The van der Waals surface area contributed by atoms with Gasteiger partial charge in [0.25, 0.3) is 5.91 Å². The van der Waals surface area contributed by atoms with Gasteiger partial charge in [0.1, 0.15) is 4.88 Å². The van der Waals surface area contributed by atoms with Crippen molar-refractivity contribution in [3.8, 4) is 0 Å². The zero-order valence-electron chi connectivity index (χ0n) is 19.1. The maximum Gasteiger partial charge on any atom is 0.306 e. The predicted octanol–water partition coefficient (Wildman–Crippen LogP) is 3.97. The number of carbonyl (C=O) groups excluding carboxylic acids is 2. The Bertz CT molecular complexity index is 987. The number of aryl methyl sites for hydroxylation is 1. The summed E-state index contributed by atoms with van der Waals surface area (Å²) in [4.78, 5) is 33.9. The van der Waals surface area contributed by atoms with Gasteiger partial charge in [-0.1, -0.05) is 48.1 Å². The largest absolute Gasteiger partial charge is 0.466 e. The van der Waals surface area contributed by atoms with E-state index in [1.165, 1.54) is 11.3 Å². The number of hydrogen-bond donors (Lipinski definition) is 3. The molecule has 1 aliphatic rings. The molecule has 1 amide bonds. The van der Waals surface area contributed by atoms with E-state index in [2.05, 4.69) is 38.1 Å². The highest BCUT2D eigenvalue weighted by molar-refractivity contribution is 7.17. The van der Waals surface area contributed by atoms with Crippen LogP contribution in [0, 0.1) is 6.92 Å². The minimum Gasteiger partial charge on any atom is -0.466 e. The van der Waals surface area contributed by atoms with Crippen molar-refractivity contribution in [1.29, 1.82) is 0 Å². The van der Waals surface area contributed by atoms with Crippen molar-refractivity contribution in [1.82, 2.24) is 15.6 Å². The Hall–Kier alpha value is -3.20. The fraction of sp³-hybridized carbons (Fsp3) is 0.417. The molecule has 176 valence electrons. The van der Waals surface area contributed by atoms with E-state index in [9.17, 15) is 9.59 Å². The van der Waals surface area contributed by atoms with Gasteiger partial charge in [-0.05, 0) is 44.2 Å². The summed E-state index contributed by atoms with van der Waals surface area (Å²) in [6, 6.07) is 10.0. The maximum absolute atomic E-state index is 12.6. The zero-order valence-corrected chi connectivity index (χ0v) is 19.9. The topological polar surface area (TPSA) is 105 Å². The SMILES string of the molecule is CCOC(=O)CC(CCCCNC(=O)c1sc(NC2=NCC=CN2)nc1C)c1ccccc1. The summed E-state index contributed by atoms with van der Waals surface area (Å²) in [5.41, 5.74) is 1.83. The standard InChI is InChI=1S/C24H31N5O3S/c1-3-32-20(30)16-19(18-10-5-4-6-11-18)12-7-8-13-25-22(31)21-17(2)28-24(33-21)29-23-26-14-9-15-27-23/h4-6,9-11,14,19H,3,7-8,12-13,15-16H2,1-2H3,(H,25,31)(H2,26,27,28,29). The Balaban J connectivity index is 1.45. The third-order valence-corrected chi connectivity index (χ3v) is 6.25. The van der Waals surface area contributed by atoms with Crippen LogP contribution >= 0.6 is 11.3 Å². The minimum atomic E-state index is -0.171. The quantitative estimate of drug-likeness (QED) is 0.340. The number of anilines is 1. The number of rotatable bonds is 11. The fourth-order valence-electron chi connectivity index (χ4n) is 3.55. The Morgan fingerprint density at radius 1 is 1.24 bits per heavy atom. The summed E-state index contributed by atoms with van der Waals surface area (Å²) >= 11 is 1.31. The Morgan fingerprint density at radius 2 is 2.06 bits per heavy atom. The summed E-state index contributed by atoms with van der Waals surface area (Å²) in [7, 11) is 0. The van der Waals surface area contributed by atoms with E-state index in [0.29, 0.717) is 47.8 Å². The smallest absolute Gasteiger partial charge is 0.306 e. The zero-order chi connectivity index (χ0) is 23.5. The number of nitrogens with zero attached hydrogens (tertiary/aromatic N) is 2. The monoisotopic (exact) mass is 469 g/mol. The van der Waals surface area contributed by atoms with Gasteiger partial charge in [-0.2, -0.15) is 0 Å². The van der Waals surface area contributed by atoms with Crippen LogP contribution in [0.2, 0.25) is 0 Å². The molecule has 8 nitrogen and oxygen atoms in total. The number of aromatic nitrogens is 1. The molecule has 0 aliphatic carbocycles. The molecule has 0 radical (unpaired) electrons. The molecular formula is C24H31N5O3S. The number of thiazole rings is 1. The lowest BCUT2D eigenvalue weighted by Crippen LogP contribution is -2.28. The van der Waals surface area contributed by atoms with E-state index < -0.39 is 0 Å². The van der Waals surface area contributed by atoms with Gasteiger partial charge in [-0.3, -0.25) is 9.59 Å². The van der Waals surface area contributed by atoms with Crippen LogP contribution in [-0.2, 0) is 9.53 Å². The van der Waals surface area contributed by atoms with E-state index in [-0.39, 0.29) is 17.8 Å². The first-order chi connectivity index (χ1) is 16.1. The summed E-state index contributed by atoms with van der Waals surface area (Å²) in [5, 5.41) is 9.73. The molecule has 3 rings (SSSR count). The van der Waals surface area contributed by atoms with Crippen LogP contribution in [0.3, 0.4) is 0 Å². The van der Waals surface area contributed by atoms with Crippen LogP contribution in [0.25, 0.3) is 0 Å².